The number of hydrogen-bond donors (Lipinski definition) is 2. The van der Waals surface area contributed by atoms with Crippen LogP contribution < -0.4 is 10.6 Å². The smallest absolute Gasteiger partial charge is 0.229 e. The number of pyridine rings is 1. The van der Waals surface area contributed by atoms with Crippen LogP contribution in [0.2, 0.25) is 0 Å². The lowest BCUT2D eigenvalue weighted by Gasteiger charge is -2.08. The normalized spacial score (nSPS) is 10.3. The molecule has 25 heavy (non-hydrogen) atoms. The van der Waals surface area contributed by atoms with Crippen LogP contribution >= 0.6 is 15.9 Å². The van der Waals surface area contributed by atoms with Crippen molar-refractivity contribution in [1.82, 2.24) is 4.98 Å². The molecule has 1 heterocycles. The highest BCUT2D eigenvalue weighted by Crippen LogP contribution is 2.14. The summed E-state index contributed by atoms with van der Waals surface area (Å²) in [4.78, 5) is 16.4. The van der Waals surface area contributed by atoms with Crippen molar-refractivity contribution in [2.75, 3.05) is 10.6 Å². The van der Waals surface area contributed by atoms with Crippen molar-refractivity contribution in [1.29, 1.82) is 0 Å². The Kier molecular flexibility index (Phi) is 5.80. The van der Waals surface area contributed by atoms with Crippen LogP contribution in [0.25, 0.3) is 0 Å². The molecule has 126 valence electrons. The van der Waals surface area contributed by atoms with Gasteiger partial charge in [0.25, 0.3) is 0 Å². The summed E-state index contributed by atoms with van der Waals surface area (Å²) < 4.78 is 0.963. The molecule has 0 bridgehead atoms. The summed E-state index contributed by atoms with van der Waals surface area (Å²) in [6.07, 6.45) is 2.03. The summed E-state index contributed by atoms with van der Waals surface area (Å²) in [7, 11) is 0. The summed E-state index contributed by atoms with van der Waals surface area (Å²) in [6, 6.07) is 21.6. The lowest BCUT2D eigenvalue weighted by molar-refractivity contribution is -0.115. The van der Waals surface area contributed by atoms with Gasteiger partial charge in [-0.1, -0.05) is 58.4 Å². The van der Waals surface area contributed by atoms with Crippen molar-refractivity contribution in [2.45, 2.75) is 13.0 Å². The van der Waals surface area contributed by atoms with Crippen LogP contribution in [0.5, 0.6) is 0 Å². The van der Waals surface area contributed by atoms with E-state index in [0.29, 0.717) is 12.2 Å². The Morgan fingerprint density at radius 2 is 1.76 bits per heavy atom. The first-order chi connectivity index (χ1) is 12.2. The van der Waals surface area contributed by atoms with Gasteiger partial charge >= 0.3 is 0 Å². The first kappa shape index (κ1) is 17.2. The Morgan fingerprint density at radius 1 is 0.960 bits per heavy atom. The molecule has 2 aromatic carbocycles. The Balaban J connectivity index is 1.52. The zero-order valence-corrected chi connectivity index (χ0v) is 15.2. The van der Waals surface area contributed by atoms with E-state index in [4.69, 9.17) is 0 Å². The van der Waals surface area contributed by atoms with Gasteiger partial charge in [-0.05, 0) is 35.4 Å². The molecule has 1 aromatic heterocycles. The maximum absolute atomic E-state index is 12.1. The Morgan fingerprint density at radius 3 is 2.48 bits per heavy atom. The number of aromatic nitrogens is 1. The summed E-state index contributed by atoms with van der Waals surface area (Å²) >= 11 is 3.41. The van der Waals surface area contributed by atoms with Crippen molar-refractivity contribution in [3.8, 4) is 0 Å². The molecule has 4 nitrogen and oxygen atoms in total. The zero-order valence-electron chi connectivity index (χ0n) is 13.6. The second-order valence-corrected chi connectivity index (χ2v) is 6.54. The van der Waals surface area contributed by atoms with E-state index < -0.39 is 0 Å². The van der Waals surface area contributed by atoms with Crippen molar-refractivity contribution in [2.24, 2.45) is 0 Å². The lowest BCUT2D eigenvalue weighted by Crippen LogP contribution is -2.15. The molecule has 0 aliphatic rings. The Hall–Kier alpha value is -2.66. The number of carbonyl (C=O) groups is 1. The minimum Gasteiger partial charge on any atom is -0.380 e. The van der Waals surface area contributed by atoms with Crippen LogP contribution in [-0.2, 0) is 17.8 Å². The van der Waals surface area contributed by atoms with E-state index >= 15 is 0 Å². The molecule has 0 unspecified atom stereocenters. The van der Waals surface area contributed by atoms with E-state index in [2.05, 4.69) is 43.7 Å². The van der Waals surface area contributed by atoms with Crippen LogP contribution in [0.1, 0.15) is 11.1 Å². The second kappa shape index (κ2) is 8.44. The van der Waals surface area contributed by atoms with E-state index in [1.165, 1.54) is 5.56 Å². The SMILES string of the molecule is O=C(Cc1cccc(Br)c1)Nc1ccc(NCc2ccccc2)cn1. The fourth-order valence-corrected chi connectivity index (χ4v) is 2.84. The van der Waals surface area contributed by atoms with E-state index in [0.717, 1.165) is 22.3 Å². The number of halogens is 1. The van der Waals surface area contributed by atoms with Crippen molar-refractivity contribution in [3.63, 3.8) is 0 Å². The third-order valence-corrected chi connectivity index (χ3v) is 4.12. The molecule has 0 saturated heterocycles. The van der Waals surface area contributed by atoms with Crippen LogP contribution in [0, 0.1) is 0 Å². The molecule has 0 aliphatic heterocycles. The molecular formula is C20H18BrN3O. The number of nitrogens with zero attached hydrogens (tertiary/aromatic N) is 1. The van der Waals surface area contributed by atoms with Gasteiger partial charge in [-0.2, -0.15) is 0 Å². The molecule has 1 amide bonds. The molecule has 0 radical (unpaired) electrons. The summed E-state index contributed by atoms with van der Waals surface area (Å²) in [5.74, 6) is 0.459. The summed E-state index contributed by atoms with van der Waals surface area (Å²) in [5.41, 5.74) is 3.07. The molecule has 2 N–H and O–H groups in total. The lowest BCUT2D eigenvalue weighted by atomic mass is 10.1. The van der Waals surface area contributed by atoms with Crippen LogP contribution in [0.4, 0.5) is 11.5 Å². The van der Waals surface area contributed by atoms with E-state index in [1.54, 1.807) is 12.3 Å². The maximum atomic E-state index is 12.1. The molecule has 5 heteroatoms. The molecule has 3 aromatic rings. The predicted molar refractivity (Wildman–Crippen MR) is 104 cm³/mol. The van der Waals surface area contributed by atoms with Gasteiger partial charge in [-0.15, -0.1) is 0 Å². The van der Waals surface area contributed by atoms with E-state index in [1.807, 2.05) is 48.5 Å². The molecule has 0 atom stereocenters. The number of hydrogen-bond acceptors (Lipinski definition) is 3. The van der Waals surface area contributed by atoms with Gasteiger partial charge in [0.1, 0.15) is 5.82 Å². The summed E-state index contributed by atoms with van der Waals surface area (Å²) in [6.45, 7) is 0.733. The third kappa shape index (κ3) is 5.43. The largest absolute Gasteiger partial charge is 0.380 e. The topological polar surface area (TPSA) is 54.0 Å². The minimum absolute atomic E-state index is 0.0874. The van der Waals surface area contributed by atoms with Gasteiger partial charge in [0.15, 0.2) is 0 Å². The monoisotopic (exact) mass is 395 g/mol. The highest BCUT2D eigenvalue weighted by atomic mass is 79.9. The number of benzene rings is 2. The second-order valence-electron chi connectivity index (χ2n) is 5.63. The van der Waals surface area contributed by atoms with Gasteiger partial charge in [0.05, 0.1) is 18.3 Å². The van der Waals surface area contributed by atoms with Crippen LogP contribution in [0.15, 0.2) is 77.4 Å². The molecule has 0 aliphatic carbocycles. The highest BCUT2D eigenvalue weighted by molar-refractivity contribution is 9.10. The number of nitrogens with one attached hydrogen (secondary N) is 2. The molecule has 3 rings (SSSR count). The molecular weight excluding hydrogens is 378 g/mol. The van der Waals surface area contributed by atoms with Gasteiger partial charge in [-0.25, -0.2) is 4.98 Å². The third-order valence-electron chi connectivity index (χ3n) is 3.62. The predicted octanol–water partition coefficient (Wildman–Crippen LogP) is 4.64. The number of amides is 1. The van der Waals surface area contributed by atoms with Crippen LogP contribution in [-0.4, -0.2) is 10.9 Å². The number of rotatable bonds is 6. The first-order valence-electron chi connectivity index (χ1n) is 7.97. The standard InChI is InChI=1S/C20H18BrN3O/c21-17-8-4-7-16(11-17)12-20(25)24-19-10-9-18(14-23-19)22-13-15-5-2-1-3-6-15/h1-11,14,22H,12-13H2,(H,23,24,25). The first-order valence-corrected chi connectivity index (χ1v) is 8.76. The van der Waals surface area contributed by atoms with Crippen molar-refractivity contribution in [3.05, 3.63) is 88.5 Å². The summed E-state index contributed by atoms with van der Waals surface area (Å²) in [5, 5.41) is 6.12. The van der Waals surface area contributed by atoms with E-state index in [-0.39, 0.29) is 5.91 Å². The quantitative estimate of drug-likeness (QED) is 0.639. The Bertz CT molecular complexity index is 835. The van der Waals surface area contributed by atoms with Gasteiger partial charge in [-0.3, -0.25) is 4.79 Å². The van der Waals surface area contributed by atoms with Crippen LogP contribution in [0.3, 0.4) is 0 Å². The molecule has 0 fully saturated rings. The highest BCUT2D eigenvalue weighted by Gasteiger charge is 2.05. The minimum atomic E-state index is -0.0874. The van der Waals surface area contributed by atoms with Gasteiger partial charge in [0, 0.05) is 11.0 Å². The maximum Gasteiger partial charge on any atom is 0.229 e. The average molecular weight is 396 g/mol. The average Bonchev–Trinajstić information content (AvgIpc) is 2.62. The van der Waals surface area contributed by atoms with Gasteiger partial charge < -0.3 is 10.6 Å². The van der Waals surface area contributed by atoms with E-state index in [9.17, 15) is 4.79 Å². The molecule has 0 spiro atoms. The van der Waals surface area contributed by atoms with Crippen molar-refractivity contribution < 1.29 is 4.79 Å². The van der Waals surface area contributed by atoms with Crippen molar-refractivity contribution >= 4 is 33.3 Å². The van der Waals surface area contributed by atoms with Gasteiger partial charge in [0.2, 0.25) is 5.91 Å². The number of anilines is 2. The number of carbonyl (C=O) groups excluding carboxylic acids is 1. The fourth-order valence-electron chi connectivity index (χ4n) is 2.39. The fraction of sp³-hybridized carbons (Fsp3) is 0.100. The molecule has 0 saturated carbocycles. The Labute approximate surface area is 155 Å². The zero-order chi connectivity index (χ0) is 17.5.